The highest BCUT2D eigenvalue weighted by molar-refractivity contribution is 7.91. The van der Waals surface area contributed by atoms with E-state index in [1.54, 1.807) is 11.4 Å². The molecule has 1 aliphatic heterocycles. The van der Waals surface area contributed by atoms with Gasteiger partial charge < -0.3 is 5.32 Å². The van der Waals surface area contributed by atoms with Crippen molar-refractivity contribution in [1.29, 1.82) is 0 Å². The number of sulfone groups is 1. The minimum Gasteiger partial charge on any atom is -0.325 e. The number of hydrogen-bond donors (Lipinski definition) is 1. The third kappa shape index (κ3) is 3.83. The number of rotatable bonds is 5. The number of carbonyl (C=O) groups excluding carboxylic acids is 1. The van der Waals surface area contributed by atoms with E-state index in [9.17, 15) is 21.6 Å². The van der Waals surface area contributed by atoms with Crippen molar-refractivity contribution in [3.8, 4) is 0 Å². The molecule has 1 amide bonds. The molecule has 1 aliphatic rings. The number of nitrogens with one attached hydrogen (secondary N) is 1. The number of carbonyl (C=O) groups is 1. The van der Waals surface area contributed by atoms with Gasteiger partial charge in [0.15, 0.2) is 9.84 Å². The molecule has 1 unspecified atom stereocenters. The van der Waals surface area contributed by atoms with Crippen molar-refractivity contribution in [2.75, 3.05) is 18.1 Å². The van der Waals surface area contributed by atoms with E-state index in [0.717, 1.165) is 17.6 Å². The van der Waals surface area contributed by atoms with Gasteiger partial charge in [-0.3, -0.25) is 4.79 Å². The van der Waals surface area contributed by atoms with Gasteiger partial charge in [-0.2, -0.15) is 4.31 Å². The first-order chi connectivity index (χ1) is 12.2. The van der Waals surface area contributed by atoms with E-state index < -0.39 is 31.8 Å². The van der Waals surface area contributed by atoms with Gasteiger partial charge >= 0.3 is 0 Å². The monoisotopic (exact) mass is 414 g/mol. The molecule has 1 N–H and O–H groups in total. The summed E-state index contributed by atoms with van der Waals surface area (Å²) >= 11 is 1.12. The van der Waals surface area contributed by atoms with E-state index in [1.807, 2.05) is 0 Å². The fourth-order valence-electron chi connectivity index (χ4n) is 2.83. The van der Waals surface area contributed by atoms with Gasteiger partial charge in [0.2, 0.25) is 5.91 Å². The van der Waals surface area contributed by atoms with E-state index in [4.69, 9.17) is 0 Å². The lowest BCUT2D eigenvalue weighted by atomic mass is 10.2. The molecule has 1 saturated heterocycles. The topological polar surface area (TPSA) is 101 Å². The summed E-state index contributed by atoms with van der Waals surface area (Å²) in [5.74, 6) is -0.422. The highest BCUT2D eigenvalue weighted by atomic mass is 32.2. The number of thiophene rings is 1. The third-order valence-electron chi connectivity index (χ3n) is 4.11. The lowest BCUT2D eigenvalue weighted by Gasteiger charge is -2.22. The van der Waals surface area contributed by atoms with Crippen LogP contribution in [-0.2, 0) is 24.7 Å². The quantitative estimate of drug-likeness (QED) is 0.806. The predicted molar refractivity (Wildman–Crippen MR) is 99.4 cm³/mol. The summed E-state index contributed by atoms with van der Waals surface area (Å²) in [6.45, 7) is 0.297. The molecule has 1 aromatic heterocycles. The van der Waals surface area contributed by atoms with E-state index in [1.165, 1.54) is 34.6 Å². The van der Waals surface area contributed by atoms with Crippen LogP contribution in [-0.4, -0.2) is 45.9 Å². The van der Waals surface area contributed by atoms with Crippen molar-refractivity contribution in [1.82, 2.24) is 4.31 Å². The first kappa shape index (κ1) is 19.0. The molecule has 0 bridgehead atoms. The van der Waals surface area contributed by atoms with Crippen molar-refractivity contribution in [2.45, 2.75) is 28.0 Å². The molecule has 2 aromatic rings. The van der Waals surface area contributed by atoms with E-state index in [2.05, 4.69) is 5.32 Å². The van der Waals surface area contributed by atoms with Gasteiger partial charge in [0.25, 0.3) is 10.0 Å². The van der Waals surface area contributed by atoms with Crippen LogP contribution < -0.4 is 5.32 Å². The van der Waals surface area contributed by atoms with Gasteiger partial charge in [0.1, 0.15) is 10.3 Å². The Bertz CT molecular complexity index is 997. The van der Waals surface area contributed by atoms with Crippen LogP contribution in [0.1, 0.15) is 12.8 Å². The molecule has 0 saturated carbocycles. The summed E-state index contributed by atoms with van der Waals surface area (Å²) in [7, 11) is -7.01. The third-order valence-corrected chi connectivity index (χ3v) is 8.52. The summed E-state index contributed by atoms with van der Waals surface area (Å²) < 4.78 is 49.8. The van der Waals surface area contributed by atoms with Gasteiger partial charge in [0, 0.05) is 18.5 Å². The molecule has 1 fully saturated rings. The maximum atomic E-state index is 12.7. The van der Waals surface area contributed by atoms with Gasteiger partial charge in [-0.1, -0.05) is 6.07 Å². The maximum Gasteiger partial charge on any atom is 0.253 e. The van der Waals surface area contributed by atoms with Crippen LogP contribution in [0.5, 0.6) is 0 Å². The molecule has 7 nitrogen and oxygen atoms in total. The number of anilines is 1. The van der Waals surface area contributed by atoms with Gasteiger partial charge in [-0.25, -0.2) is 16.8 Å². The minimum atomic E-state index is -3.70. The first-order valence-electron chi connectivity index (χ1n) is 7.86. The van der Waals surface area contributed by atoms with Gasteiger partial charge in [-0.15, -0.1) is 11.3 Å². The predicted octanol–water partition coefficient (Wildman–Crippen LogP) is 1.94. The van der Waals surface area contributed by atoms with Crippen molar-refractivity contribution in [3.05, 3.63) is 41.8 Å². The first-order valence-corrected chi connectivity index (χ1v) is 12.1. The average Bonchev–Trinajstić information content (AvgIpc) is 3.26. The van der Waals surface area contributed by atoms with Gasteiger partial charge in [0.05, 0.1) is 4.90 Å². The molecule has 3 rings (SSSR count). The summed E-state index contributed by atoms with van der Waals surface area (Å²) in [5, 5.41) is 4.36. The van der Waals surface area contributed by atoms with Crippen LogP contribution in [0.3, 0.4) is 0 Å². The Morgan fingerprint density at radius 1 is 1.15 bits per heavy atom. The fraction of sp³-hybridized carbons (Fsp3) is 0.312. The van der Waals surface area contributed by atoms with Crippen LogP contribution in [0.15, 0.2) is 50.9 Å². The van der Waals surface area contributed by atoms with E-state index in [0.29, 0.717) is 25.1 Å². The molecule has 10 heteroatoms. The molecule has 26 heavy (non-hydrogen) atoms. The molecule has 1 atom stereocenters. The second-order valence-corrected chi connectivity index (χ2v) is 11.1. The average molecular weight is 415 g/mol. The lowest BCUT2D eigenvalue weighted by molar-refractivity contribution is -0.119. The van der Waals surface area contributed by atoms with Crippen LogP contribution in [0.25, 0.3) is 0 Å². The second kappa shape index (κ2) is 7.10. The zero-order valence-corrected chi connectivity index (χ0v) is 16.4. The van der Waals surface area contributed by atoms with Crippen LogP contribution in [0.2, 0.25) is 0 Å². The SMILES string of the molecule is CS(=O)(=O)c1ccc(NC(=O)C2CCCN2S(=O)(=O)c2cccs2)cc1. The number of benzene rings is 1. The molecule has 2 heterocycles. The van der Waals surface area contributed by atoms with E-state index >= 15 is 0 Å². The largest absolute Gasteiger partial charge is 0.325 e. The number of hydrogen-bond acceptors (Lipinski definition) is 6. The summed E-state index contributed by atoms with van der Waals surface area (Å²) in [5.41, 5.74) is 0.419. The van der Waals surface area contributed by atoms with Gasteiger partial charge in [-0.05, 0) is 48.6 Å². The lowest BCUT2D eigenvalue weighted by Crippen LogP contribution is -2.42. The Morgan fingerprint density at radius 2 is 1.85 bits per heavy atom. The Kier molecular flexibility index (Phi) is 5.20. The Labute approximate surface area is 156 Å². The van der Waals surface area contributed by atoms with Crippen molar-refractivity contribution in [2.24, 2.45) is 0 Å². The molecule has 0 radical (unpaired) electrons. The zero-order valence-electron chi connectivity index (χ0n) is 14.0. The number of amides is 1. The van der Waals surface area contributed by atoms with Crippen LogP contribution in [0.4, 0.5) is 5.69 Å². The molecule has 0 spiro atoms. The maximum absolute atomic E-state index is 12.7. The number of sulfonamides is 1. The zero-order chi connectivity index (χ0) is 18.9. The standard InChI is InChI=1S/C16H18N2O5S3/c1-25(20,21)13-8-6-12(7-9-13)17-16(19)14-4-2-10-18(14)26(22,23)15-5-3-11-24-15/h3,5-9,11,14H,2,4,10H2,1H3,(H,17,19). The smallest absolute Gasteiger partial charge is 0.253 e. The molecular formula is C16H18N2O5S3. The summed E-state index contributed by atoms with van der Waals surface area (Å²) in [4.78, 5) is 12.7. The highest BCUT2D eigenvalue weighted by Crippen LogP contribution is 2.29. The highest BCUT2D eigenvalue weighted by Gasteiger charge is 2.39. The normalized spacial score (nSPS) is 18.7. The van der Waals surface area contributed by atoms with Crippen molar-refractivity contribution in [3.63, 3.8) is 0 Å². The molecule has 140 valence electrons. The Balaban J connectivity index is 1.77. The second-order valence-electron chi connectivity index (χ2n) is 5.99. The Hall–Kier alpha value is -1.75. The van der Waals surface area contributed by atoms with Crippen molar-refractivity contribution >= 4 is 42.8 Å². The fourth-order valence-corrected chi connectivity index (χ4v) is 6.23. The Morgan fingerprint density at radius 3 is 2.42 bits per heavy atom. The molecular weight excluding hydrogens is 396 g/mol. The minimum absolute atomic E-state index is 0.151. The molecule has 0 aliphatic carbocycles. The summed E-state index contributed by atoms with van der Waals surface area (Å²) in [6.07, 6.45) is 2.15. The molecule has 1 aromatic carbocycles. The van der Waals surface area contributed by atoms with Crippen molar-refractivity contribution < 1.29 is 21.6 Å². The van der Waals surface area contributed by atoms with Crippen LogP contribution >= 0.6 is 11.3 Å². The number of nitrogens with zero attached hydrogens (tertiary/aromatic N) is 1. The van der Waals surface area contributed by atoms with Crippen LogP contribution in [0, 0.1) is 0 Å². The summed E-state index contributed by atoms with van der Waals surface area (Å²) in [6, 6.07) is 8.18. The van der Waals surface area contributed by atoms with E-state index in [-0.39, 0.29) is 9.10 Å².